The summed E-state index contributed by atoms with van der Waals surface area (Å²) in [5.74, 6) is 1.34. The Hall–Kier alpha value is -3.32. The number of carbonyl (C=O) groups is 2. The van der Waals surface area contributed by atoms with E-state index in [2.05, 4.69) is 0 Å². The minimum Gasteiger partial charge on any atom is -0.493 e. The van der Waals surface area contributed by atoms with Crippen LogP contribution in [0.5, 0.6) is 17.2 Å². The molecule has 2 aliphatic heterocycles. The van der Waals surface area contributed by atoms with Gasteiger partial charge in [-0.1, -0.05) is 18.2 Å². The molecule has 4 rings (SSSR count). The summed E-state index contributed by atoms with van der Waals surface area (Å²) in [4.78, 5) is 26.5. The molecular weight excluding hydrogens is 374 g/mol. The summed E-state index contributed by atoms with van der Waals surface area (Å²) in [7, 11) is 0. The minimum atomic E-state index is -0.445. The Kier molecular flexibility index (Phi) is 5.48. The summed E-state index contributed by atoms with van der Waals surface area (Å²) < 4.78 is 22.0. The third-order valence-electron chi connectivity index (χ3n) is 4.62. The van der Waals surface area contributed by atoms with E-state index in [9.17, 15) is 9.59 Å². The fourth-order valence-corrected chi connectivity index (χ4v) is 3.17. The number of amides is 1. The van der Waals surface area contributed by atoms with Gasteiger partial charge in [0.2, 0.25) is 5.78 Å². The fraction of sp³-hybridized carbons (Fsp3) is 0.273. The molecule has 2 aromatic carbocycles. The van der Waals surface area contributed by atoms with E-state index in [1.54, 1.807) is 29.2 Å². The summed E-state index contributed by atoms with van der Waals surface area (Å²) >= 11 is 0. The van der Waals surface area contributed by atoms with Gasteiger partial charge in [-0.05, 0) is 31.2 Å². The average molecular weight is 395 g/mol. The number of hydrogen-bond acceptors (Lipinski definition) is 6. The van der Waals surface area contributed by atoms with Gasteiger partial charge in [-0.3, -0.25) is 4.79 Å². The molecule has 1 fully saturated rings. The molecule has 0 radical (unpaired) electrons. The van der Waals surface area contributed by atoms with Crippen LogP contribution in [-0.2, 0) is 4.74 Å². The fourth-order valence-electron chi connectivity index (χ4n) is 3.17. The molecule has 0 N–H and O–H groups in total. The monoisotopic (exact) mass is 395 g/mol. The van der Waals surface area contributed by atoms with Crippen LogP contribution in [0.2, 0.25) is 0 Å². The highest BCUT2D eigenvalue weighted by Gasteiger charge is 2.29. The Morgan fingerprint density at radius 3 is 2.76 bits per heavy atom. The van der Waals surface area contributed by atoms with Crippen LogP contribution in [0.3, 0.4) is 0 Å². The lowest BCUT2D eigenvalue weighted by Gasteiger charge is -2.25. The predicted molar refractivity (Wildman–Crippen MR) is 105 cm³/mol. The van der Waals surface area contributed by atoms with Crippen molar-refractivity contribution in [2.75, 3.05) is 32.9 Å². The molecule has 0 bridgehead atoms. The van der Waals surface area contributed by atoms with Crippen molar-refractivity contribution in [1.29, 1.82) is 0 Å². The van der Waals surface area contributed by atoms with Crippen LogP contribution in [0.15, 0.2) is 48.2 Å². The van der Waals surface area contributed by atoms with E-state index in [0.717, 1.165) is 5.56 Å². The van der Waals surface area contributed by atoms with Gasteiger partial charge in [0.1, 0.15) is 17.2 Å². The van der Waals surface area contributed by atoms with Gasteiger partial charge in [0.25, 0.3) is 0 Å². The van der Waals surface area contributed by atoms with Gasteiger partial charge >= 0.3 is 6.09 Å². The van der Waals surface area contributed by atoms with Crippen molar-refractivity contribution in [2.45, 2.75) is 6.92 Å². The lowest BCUT2D eigenvalue weighted by Crippen LogP contribution is -2.42. The zero-order valence-electron chi connectivity index (χ0n) is 16.1. The van der Waals surface area contributed by atoms with Crippen molar-refractivity contribution < 1.29 is 28.5 Å². The summed E-state index contributed by atoms with van der Waals surface area (Å²) in [6.07, 6.45) is 1.21. The molecule has 1 amide bonds. The Morgan fingerprint density at radius 1 is 1.17 bits per heavy atom. The maximum atomic E-state index is 12.7. The molecule has 0 spiro atoms. The molecule has 7 nitrogen and oxygen atoms in total. The molecule has 2 aliphatic rings. The van der Waals surface area contributed by atoms with E-state index in [1.807, 2.05) is 31.2 Å². The number of allylic oxidation sites excluding steroid dienone is 1. The molecule has 2 heterocycles. The van der Waals surface area contributed by atoms with Gasteiger partial charge < -0.3 is 23.8 Å². The first-order valence-electron chi connectivity index (χ1n) is 9.50. The molecule has 0 saturated carbocycles. The van der Waals surface area contributed by atoms with Gasteiger partial charge in [-0.2, -0.15) is 0 Å². The second kappa shape index (κ2) is 8.36. The van der Waals surface area contributed by atoms with E-state index >= 15 is 0 Å². The van der Waals surface area contributed by atoms with Crippen LogP contribution in [0.1, 0.15) is 22.8 Å². The van der Waals surface area contributed by atoms with E-state index in [-0.39, 0.29) is 11.5 Å². The zero-order chi connectivity index (χ0) is 20.2. The molecule has 0 unspecified atom stereocenters. The van der Waals surface area contributed by atoms with Crippen LogP contribution < -0.4 is 14.2 Å². The molecule has 0 aliphatic carbocycles. The molecule has 2 aromatic rings. The molecule has 7 heteroatoms. The summed E-state index contributed by atoms with van der Waals surface area (Å²) in [5, 5.41) is 0. The van der Waals surface area contributed by atoms with Crippen molar-refractivity contribution in [3.8, 4) is 17.2 Å². The van der Waals surface area contributed by atoms with Gasteiger partial charge in [0.05, 0.1) is 25.4 Å². The largest absolute Gasteiger partial charge is 0.493 e. The third-order valence-corrected chi connectivity index (χ3v) is 4.62. The van der Waals surface area contributed by atoms with E-state index < -0.39 is 6.09 Å². The molecule has 150 valence electrons. The number of fused-ring (bicyclic) bond motifs is 1. The quantitative estimate of drug-likeness (QED) is 0.738. The van der Waals surface area contributed by atoms with E-state index in [0.29, 0.717) is 55.7 Å². The van der Waals surface area contributed by atoms with Crippen LogP contribution in [0.4, 0.5) is 4.79 Å². The molecule has 1 saturated heterocycles. The Morgan fingerprint density at radius 2 is 1.97 bits per heavy atom. The van der Waals surface area contributed by atoms with Crippen molar-refractivity contribution in [2.24, 2.45) is 0 Å². The van der Waals surface area contributed by atoms with Crippen molar-refractivity contribution in [1.82, 2.24) is 4.90 Å². The molecular formula is C22H21NO6. The Bertz CT molecular complexity index is 962. The molecule has 0 atom stereocenters. The Balaban J connectivity index is 1.52. The number of rotatable bonds is 4. The third kappa shape index (κ3) is 4.09. The number of carbonyl (C=O) groups excluding carboxylic acids is 2. The number of morpholine rings is 1. The topological polar surface area (TPSA) is 74.3 Å². The number of ketones is 1. The zero-order valence-corrected chi connectivity index (χ0v) is 16.1. The number of benzene rings is 2. The van der Waals surface area contributed by atoms with Gasteiger partial charge in [0, 0.05) is 24.7 Å². The highest BCUT2D eigenvalue weighted by atomic mass is 16.6. The first-order chi connectivity index (χ1) is 14.2. The van der Waals surface area contributed by atoms with Crippen LogP contribution in [0.25, 0.3) is 6.08 Å². The summed E-state index contributed by atoms with van der Waals surface area (Å²) in [6, 6.07) is 12.2. The highest BCUT2D eigenvalue weighted by molar-refractivity contribution is 6.14. The summed E-state index contributed by atoms with van der Waals surface area (Å²) in [6.45, 7) is 4.39. The van der Waals surface area contributed by atoms with E-state index in [4.69, 9.17) is 18.9 Å². The van der Waals surface area contributed by atoms with Gasteiger partial charge in [-0.15, -0.1) is 0 Å². The normalized spacial score (nSPS) is 17.1. The number of nitrogens with zero attached hydrogens (tertiary/aromatic N) is 1. The first kappa shape index (κ1) is 19.0. The predicted octanol–water partition coefficient (Wildman–Crippen LogP) is 3.53. The number of hydrogen-bond donors (Lipinski definition) is 0. The smallest absolute Gasteiger partial charge is 0.415 e. The maximum absolute atomic E-state index is 12.7. The average Bonchev–Trinajstić information content (AvgIpc) is 3.05. The van der Waals surface area contributed by atoms with Crippen molar-refractivity contribution in [3.05, 3.63) is 59.4 Å². The second-order valence-electron chi connectivity index (χ2n) is 6.54. The van der Waals surface area contributed by atoms with Gasteiger partial charge in [0.15, 0.2) is 5.76 Å². The van der Waals surface area contributed by atoms with Crippen molar-refractivity contribution >= 4 is 18.0 Å². The first-order valence-corrected chi connectivity index (χ1v) is 9.50. The lowest BCUT2D eigenvalue weighted by atomic mass is 10.1. The Labute approximate surface area is 168 Å². The maximum Gasteiger partial charge on any atom is 0.415 e. The van der Waals surface area contributed by atoms with Crippen LogP contribution >= 0.6 is 0 Å². The highest BCUT2D eigenvalue weighted by Crippen LogP contribution is 2.35. The van der Waals surface area contributed by atoms with E-state index in [1.165, 1.54) is 0 Å². The number of Topliss-reactive ketones (excluding diaryl/α,β-unsaturated/α-hetero) is 1. The second-order valence-corrected chi connectivity index (χ2v) is 6.54. The standard InChI is InChI=1S/C22H21NO6/c1-2-27-18-6-4-3-5-15(18)13-20-21(24)17-8-7-16(14-19(17)29-20)28-22(25)23-9-11-26-12-10-23/h3-8,13-14H,2,9-12H2,1H3/b20-13-. The van der Waals surface area contributed by atoms with Crippen LogP contribution in [-0.4, -0.2) is 49.7 Å². The number of ether oxygens (including phenoxy) is 4. The van der Waals surface area contributed by atoms with Crippen LogP contribution in [0, 0.1) is 0 Å². The SMILES string of the molecule is CCOc1ccccc1/C=C1\Oc2cc(OC(=O)N3CCOCC3)ccc2C1=O. The van der Waals surface area contributed by atoms with Crippen molar-refractivity contribution in [3.63, 3.8) is 0 Å². The number of para-hydroxylation sites is 1. The molecule has 0 aromatic heterocycles. The van der Waals surface area contributed by atoms with Gasteiger partial charge in [-0.25, -0.2) is 4.79 Å². The lowest BCUT2D eigenvalue weighted by molar-refractivity contribution is 0.0416. The minimum absolute atomic E-state index is 0.198. The molecule has 29 heavy (non-hydrogen) atoms. The summed E-state index contributed by atoms with van der Waals surface area (Å²) in [5.41, 5.74) is 1.18.